The molecule has 7 heteroatoms. The van der Waals surface area contributed by atoms with Crippen molar-refractivity contribution in [3.05, 3.63) is 41.6 Å². The normalized spacial score (nSPS) is 17.2. The van der Waals surface area contributed by atoms with Crippen molar-refractivity contribution in [2.24, 2.45) is 0 Å². The topological polar surface area (TPSA) is 84.4 Å². The summed E-state index contributed by atoms with van der Waals surface area (Å²) in [5.74, 6) is 0.479. The first-order valence-corrected chi connectivity index (χ1v) is 8.78. The highest BCUT2D eigenvalue weighted by atomic mass is 16.5. The minimum Gasteiger partial charge on any atom is -0.381 e. The van der Waals surface area contributed by atoms with E-state index in [1.807, 2.05) is 24.3 Å². The number of aldehydes is 1. The number of nitrogens with zero attached hydrogens (tertiary/aromatic N) is 3. The summed E-state index contributed by atoms with van der Waals surface area (Å²) in [4.78, 5) is 33.6. The zero-order chi connectivity index (χ0) is 17.9. The lowest BCUT2D eigenvalue weighted by Crippen LogP contribution is -2.28. The third-order valence-electron chi connectivity index (χ3n) is 4.79. The molecule has 2 aromatic rings. The highest BCUT2D eigenvalue weighted by Gasteiger charge is 2.27. The van der Waals surface area contributed by atoms with E-state index in [0.29, 0.717) is 24.1 Å². The van der Waals surface area contributed by atoms with E-state index in [1.165, 1.54) is 0 Å². The maximum absolute atomic E-state index is 12.4. The Morgan fingerprint density at radius 2 is 2.12 bits per heavy atom. The van der Waals surface area contributed by atoms with Gasteiger partial charge in [-0.3, -0.25) is 4.79 Å². The summed E-state index contributed by atoms with van der Waals surface area (Å²) in [5, 5.41) is 3.36. The van der Waals surface area contributed by atoms with Gasteiger partial charge in [0.05, 0.1) is 12.2 Å². The maximum Gasteiger partial charge on any atom is 0.254 e. The van der Waals surface area contributed by atoms with Crippen LogP contribution in [0, 0.1) is 0 Å². The number of hydrogen-bond donors (Lipinski definition) is 1. The zero-order valence-corrected chi connectivity index (χ0v) is 14.4. The van der Waals surface area contributed by atoms with E-state index in [1.54, 1.807) is 11.1 Å². The summed E-state index contributed by atoms with van der Waals surface area (Å²) < 4.78 is 5.37. The van der Waals surface area contributed by atoms with Gasteiger partial charge in [-0.25, -0.2) is 9.97 Å². The maximum atomic E-state index is 12.4. The smallest absolute Gasteiger partial charge is 0.254 e. The van der Waals surface area contributed by atoms with Gasteiger partial charge >= 0.3 is 0 Å². The van der Waals surface area contributed by atoms with E-state index < -0.39 is 0 Å². The molecule has 0 atom stereocenters. The number of benzene rings is 1. The molecule has 2 aliphatic rings. The molecular weight excluding hydrogens is 332 g/mol. The van der Waals surface area contributed by atoms with E-state index in [-0.39, 0.29) is 12.5 Å². The highest BCUT2D eigenvalue weighted by Crippen LogP contribution is 2.28. The van der Waals surface area contributed by atoms with Gasteiger partial charge in [0.25, 0.3) is 5.91 Å². The fourth-order valence-electron chi connectivity index (χ4n) is 3.37. The second-order valence-corrected chi connectivity index (χ2v) is 6.52. The van der Waals surface area contributed by atoms with Gasteiger partial charge in [-0.1, -0.05) is 12.1 Å². The molecule has 1 fully saturated rings. The number of ether oxygens (including phenoxy) is 1. The number of aromatic nitrogens is 2. The van der Waals surface area contributed by atoms with Gasteiger partial charge < -0.3 is 19.7 Å². The molecule has 0 bridgehead atoms. The molecule has 1 N–H and O–H groups in total. The summed E-state index contributed by atoms with van der Waals surface area (Å²) >= 11 is 0. The molecule has 7 nitrogen and oxygen atoms in total. The van der Waals surface area contributed by atoms with Gasteiger partial charge in [-0.05, 0) is 30.5 Å². The standard InChI is InChI=1S/C19H20N4O3/c24-8-7-23-12-14-2-1-13(11-16(14)18(23)25)17-3-6-20-19(22-17)21-15-4-9-26-10-5-15/h1-3,6,8,11,15H,4-5,7,9-10,12H2,(H,20,21,22). The lowest BCUT2D eigenvalue weighted by atomic mass is 10.0. The van der Waals surface area contributed by atoms with Crippen LogP contribution in [0.1, 0.15) is 28.8 Å². The van der Waals surface area contributed by atoms with Gasteiger partial charge in [-0.15, -0.1) is 0 Å². The number of carbonyl (C=O) groups excluding carboxylic acids is 2. The summed E-state index contributed by atoms with van der Waals surface area (Å²) in [6, 6.07) is 7.89. The van der Waals surface area contributed by atoms with Gasteiger partial charge in [0, 0.05) is 43.1 Å². The number of rotatable bonds is 5. The monoisotopic (exact) mass is 352 g/mol. The van der Waals surface area contributed by atoms with Crippen LogP contribution in [0.2, 0.25) is 0 Å². The Labute approximate surface area is 151 Å². The predicted molar refractivity (Wildman–Crippen MR) is 95.7 cm³/mol. The van der Waals surface area contributed by atoms with Crippen LogP contribution < -0.4 is 5.32 Å². The number of carbonyl (C=O) groups is 2. The van der Waals surface area contributed by atoms with Crippen molar-refractivity contribution >= 4 is 18.1 Å². The summed E-state index contributed by atoms with van der Waals surface area (Å²) in [6.07, 6.45) is 4.35. The van der Waals surface area contributed by atoms with Crippen LogP contribution in [-0.2, 0) is 16.1 Å². The fraction of sp³-hybridized carbons (Fsp3) is 0.368. The first-order chi connectivity index (χ1) is 12.7. The van der Waals surface area contributed by atoms with Crippen molar-refractivity contribution in [3.63, 3.8) is 0 Å². The Hall–Kier alpha value is -2.80. The largest absolute Gasteiger partial charge is 0.381 e. The third-order valence-corrected chi connectivity index (χ3v) is 4.79. The quantitative estimate of drug-likeness (QED) is 0.827. The minimum atomic E-state index is -0.108. The fourth-order valence-corrected chi connectivity index (χ4v) is 3.37. The third kappa shape index (κ3) is 3.30. The molecule has 0 unspecified atom stereocenters. The second-order valence-electron chi connectivity index (χ2n) is 6.52. The summed E-state index contributed by atoms with van der Waals surface area (Å²) in [5.41, 5.74) is 3.21. The summed E-state index contributed by atoms with van der Waals surface area (Å²) in [7, 11) is 0. The molecule has 0 aliphatic carbocycles. The Kier molecular flexibility index (Phi) is 4.62. The number of nitrogens with one attached hydrogen (secondary N) is 1. The van der Waals surface area contributed by atoms with E-state index >= 15 is 0 Å². The molecule has 1 amide bonds. The van der Waals surface area contributed by atoms with Crippen LogP contribution in [-0.4, -0.2) is 52.9 Å². The van der Waals surface area contributed by atoms with Crippen LogP contribution in [0.25, 0.3) is 11.3 Å². The first-order valence-electron chi connectivity index (χ1n) is 8.78. The van der Waals surface area contributed by atoms with Crippen molar-refractivity contribution < 1.29 is 14.3 Å². The van der Waals surface area contributed by atoms with Gasteiger partial charge in [-0.2, -0.15) is 0 Å². The van der Waals surface area contributed by atoms with Gasteiger partial charge in [0.15, 0.2) is 0 Å². The number of fused-ring (bicyclic) bond motifs is 1. The molecule has 134 valence electrons. The Bertz CT molecular complexity index is 833. The lowest BCUT2D eigenvalue weighted by Gasteiger charge is -2.23. The SMILES string of the molecule is O=CCN1Cc2ccc(-c3ccnc(NC4CCOCC4)n3)cc2C1=O. The lowest BCUT2D eigenvalue weighted by molar-refractivity contribution is -0.108. The van der Waals surface area contributed by atoms with Crippen LogP contribution in [0.5, 0.6) is 0 Å². The van der Waals surface area contributed by atoms with Crippen molar-refractivity contribution in [1.82, 2.24) is 14.9 Å². The second kappa shape index (κ2) is 7.21. The molecule has 1 aromatic carbocycles. The van der Waals surface area contributed by atoms with Crippen molar-refractivity contribution in [1.29, 1.82) is 0 Å². The van der Waals surface area contributed by atoms with Crippen LogP contribution in [0.15, 0.2) is 30.5 Å². The van der Waals surface area contributed by atoms with Crippen molar-refractivity contribution in [2.75, 3.05) is 25.1 Å². The van der Waals surface area contributed by atoms with E-state index in [0.717, 1.165) is 49.2 Å². The van der Waals surface area contributed by atoms with E-state index in [9.17, 15) is 9.59 Å². The van der Waals surface area contributed by atoms with Crippen LogP contribution >= 0.6 is 0 Å². The van der Waals surface area contributed by atoms with E-state index in [4.69, 9.17) is 4.74 Å². The molecule has 26 heavy (non-hydrogen) atoms. The first kappa shape index (κ1) is 16.7. The molecule has 1 aromatic heterocycles. The molecule has 3 heterocycles. The minimum absolute atomic E-state index is 0.108. The molecule has 4 rings (SSSR count). The molecule has 1 saturated heterocycles. The highest BCUT2D eigenvalue weighted by molar-refractivity contribution is 6.00. The number of amides is 1. The van der Waals surface area contributed by atoms with Crippen LogP contribution in [0.3, 0.4) is 0 Å². The molecule has 0 radical (unpaired) electrons. The predicted octanol–water partition coefficient (Wildman–Crippen LogP) is 1.89. The Morgan fingerprint density at radius 3 is 2.92 bits per heavy atom. The average molecular weight is 352 g/mol. The number of anilines is 1. The molecule has 0 saturated carbocycles. The van der Waals surface area contributed by atoms with Crippen LogP contribution in [0.4, 0.5) is 5.95 Å². The van der Waals surface area contributed by atoms with Crippen molar-refractivity contribution in [3.8, 4) is 11.3 Å². The average Bonchev–Trinajstić information content (AvgIpc) is 2.98. The summed E-state index contributed by atoms with van der Waals surface area (Å²) in [6.45, 7) is 2.10. The van der Waals surface area contributed by atoms with Crippen molar-refractivity contribution in [2.45, 2.75) is 25.4 Å². The Morgan fingerprint density at radius 1 is 1.27 bits per heavy atom. The van der Waals surface area contributed by atoms with Gasteiger partial charge in [0.2, 0.25) is 5.95 Å². The molecule has 0 spiro atoms. The Balaban J connectivity index is 1.56. The zero-order valence-electron chi connectivity index (χ0n) is 14.4. The van der Waals surface area contributed by atoms with Gasteiger partial charge in [0.1, 0.15) is 6.29 Å². The number of hydrogen-bond acceptors (Lipinski definition) is 6. The molecular formula is C19H20N4O3. The van der Waals surface area contributed by atoms with E-state index in [2.05, 4.69) is 15.3 Å². The molecule has 2 aliphatic heterocycles.